The van der Waals surface area contributed by atoms with Gasteiger partial charge in [0.15, 0.2) is 0 Å². The molecule has 3 nitrogen and oxygen atoms in total. The highest BCUT2D eigenvalue weighted by Crippen LogP contribution is 2.49. The van der Waals surface area contributed by atoms with E-state index in [2.05, 4.69) is 5.32 Å². The van der Waals surface area contributed by atoms with Crippen molar-refractivity contribution in [2.75, 3.05) is 19.7 Å². The van der Waals surface area contributed by atoms with E-state index in [1.807, 2.05) is 0 Å². The van der Waals surface area contributed by atoms with Crippen LogP contribution in [0.25, 0.3) is 0 Å². The van der Waals surface area contributed by atoms with Crippen molar-refractivity contribution in [3.8, 4) is 0 Å². The summed E-state index contributed by atoms with van der Waals surface area (Å²) in [6.45, 7) is 2.38. The number of aliphatic hydroxyl groups is 1. The molecule has 1 aliphatic heterocycles. The van der Waals surface area contributed by atoms with Crippen molar-refractivity contribution in [3.63, 3.8) is 0 Å². The van der Waals surface area contributed by atoms with Gasteiger partial charge in [0.25, 0.3) is 0 Å². The van der Waals surface area contributed by atoms with Crippen molar-refractivity contribution in [2.45, 2.75) is 6.04 Å². The lowest BCUT2D eigenvalue weighted by molar-refractivity contribution is 0.244. The Kier molecular flexibility index (Phi) is 1.44. The zero-order valence-corrected chi connectivity index (χ0v) is 5.96. The van der Waals surface area contributed by atoms with Crippen LogP contribution in [0.15, 0.2) is 0 Å². The summed E-state index contributed by atoms with van der Waals surface area (Å²) in [7, 11) is 0. The lowest BCUT2D eigenvalue weighted by Gasteiger charge is -2.09. The zero-order valence-electron chi connectivity index (χ0n) is 5.96. The van der Waals surface area contributed by atoms with Gasteiger partial charge in [0, 0.05) is 6.04 Å². The number of nitrogens with one attached hydrogen (secondary N) is 1. The van der Waals surface area contributed by atoms with Gasteiger partial charge in [0.1, 0.15) is 0 Å². The predicted octanol–water partition coefficient (Wildman–Crippen LogP) is -1.23. The number of fused-ring (bicyclic) bond motifs is 1. The van der Waals surface area contributed by atoms with Gasteiger partial charge in [0.2, 0.25) is 0 Å². The Bertz CT molecular complexity index is 127. The largest absolute Gasteiger partial charge is 0.395 e. The number of aliphatic hydroxyl groups excluding tert-OH is 1. The molecule has 0 radical (unpaired) electrons. The highest BCUT2D eigenvalue weighted by atomic mass is 16.3. The standard InChI is InChI=1S/C7H14N2O/c8-6(3-10)7-4-1-9-2-5(4)7/h4-7,9-10H,1-3,8H2/t4-,5+,6?,7+. The lowest BCUT2D eigenvalue weighted by Crippen LogP contribution is -2.31. The van der Waals surface area contributed by atoms with E-state index in [1.165, 1.54) is 0 Å². The average molecular weight is 142 g/mol. The number of hydrogen-bond donors (Lipinski definition) is 3. The molecule has 0 aromatic carbocycles. The first-order valence-corrected chi connectivity index (χ1v) is 3.91. The average Bonchev–Trinajstić information content (AvgIpc) is 2.43. The van der Waals surface area contributed by atoms with Crippen molar-refractivity contribution in [1.29, 1.82) is 0 Å². The fraction of sp³-hybridized carbons (Fsp3) is 1.00. The molecule has 0 spiro atoms. The van der Waals surface area contributed by atoms with Crippen LogP contribution < -0.4 is 11.1 Å². The van der Waals surface area contributed by atoms with Crippen LogP contribution >= 0.6 is 0 Å². The molecule has 58 valence electrons. The maximum Gasteiger partial charge on any atom is 0.0585 e. The molecule has 0 aromatic rings. The molecule has 2 rings (SSSR count). The second-order valence-corrected chi connectivity index (χ2v) is 3.41. The fourth-order valence-electron chi connectivity index (χ4n) is 2.22. The molecule has 1 heterocycles. The summed E-state index contributed by atoms with van der Waals surface area (Å²) in [4.78, 5) is 0. The Balaban J connectivity index is 1.88. The van der Waals surface area contributed by atoms with Crippen LogP contribution in [0.2, 0.25) is 0 Å². The highest BCUT2D eigenvalue weighted by molar-refractivity contribution is 5.07. The Morgan fingerprint density at radius 3 is 2.60 bits per heavy atom. The molecular weight excluding hydrogens is 128 g/mol. The van der Waals surface area contributed by atoms with Crippen molar-refractivity contribution in [1.82, 2.24) is 5.32 Å². The third-order valence-electron chi connectivity index (χ3n) is 2.86. The molecule has 10 heavy (non-hydrogen) atoms. The molecule has 0 amide bonds. The minimum Gasteiger partial charge on any atom is -0.395 e. The van der Waals surface area contributed by atoms with E-state index in [0.29, 0.717) is 5.92 Å². The highest BCUT2D eigenvalue weighted by Gasteiger charge is 2.54. The Morgan fingerprint density at radius 2 is 2.10 bits per heavy atom. The second-order valence-electron chi connectivity index (χ2n) is 3.41. The third-order valence-corrected chi connectivity index (χ3v) is 2.86. The summed E-state index contributed by atoms with van der Waals surface area (Å²) in [5.41, 5.74) is 5.69. The SMILES string of the molecule is NC(CO)[C@H]1[C@@H]2CNC[C@@H]21. The van der Waals surface area contributed by atoms with Crippen molar-refractivity contribution < 1.29 is 5.11 Å². The maximum absolute atomic E-state index is 8.75. The first-order chi connectivity index (χ1) is 4.84. The summed E-state index contributed by atoms with van der Waals surface area (Å²) >= 11 is 0. The lowest BCUT2D eigenvalue weighted by atomic mass is 10.1. The van der Waals surface area contributed by atoms with Crippen LogP contribution in [0.5, 0.6) is 0 Å². The summed E-state index contributed by atoms with van der Waals surface area (Å²) in [6, 6.07) is 0.0390. The normalized spacial score (nSPS) is 46.8. The maximum atomic E-state index is 8.75. The van der Waals surface area contributed by atoms with Crippen LogP contribution in [-0.2, 0) is 0 Å². The Labute approximate surface area is 60.6 Å². The van der Waals surface area contributed by atoms with Gasteiger partial charge in [-0.3, -0.25) is 0 Å². The summed E-state index contributed by atoms with van der Waals surface area (Å²) in [5, 5.41) is 12.0. The molecule has 1 unspecified atom stereocenters. The third kappa shape index (κ3) is 0.779. The van der Waals surface area contributed by atoms with Crippen LogP contribution in [0.4, 0.5) is 0 Å². The minimum absolute atomic E-state index is 0.0390. The zero-order chi connectivity index (χ0) is 7.14. The van der Waals surface area contributed by atoms with Gasteiger partial charge in [-0.05, 0) is 30.8 Å². The first kappa shape index (κ1) is 6.58. The van der Waals surface area contributed by atoms with Crippen LogP contribution in [0.3, 0.4) is 0 Å². The van der Waals surface area contributed by atoms with Gasteiger partial charge in [-0.15, -0.1) is 0 Å². The monoisotopic (exact) mass is 142 g/mol. The van der Waals surface area contributed by atoms with Crippen LogP contribution in [0, 0.1) is 17.8 Å². The molecule has 3 heteroatoms. The Hall–Kier alpha value is -0.120. The molecule has 0 aromatic heterocycles. The van der Waals surface area contributed by atoms with E-state index < -0.39 is 0 Å². The van der Waals surface area contributed by atoms with E-state index in [1.54, 1.807) is 0 Å². The van der Waals surface area contributed by atoms with E-state index in [0.717, 1.165) is 24.9 Å². The quantitative estimate of drug-likeness (QED) is 0.452. The molecule has 1 saturated carbocycles. The van der Waals surface area contributed by atoms with E-state index in [-0.39, 0.29) is 12.6 Å². The molecule has 1 aliphatic carbocycles. The van der Waals surface area contributed by atoms with Gasteiger partial charge in [-0.25, -0.2) is 0 Å². The number of piperidine rings is 1. The predicted molar refractivity (Wildman–Crippen MR) is 38.4 cm³/mol. The van der Waals surface area contributed by atoms with Crippen molar-refractivity contribution in [3.05, 3.63) is 0 Å². The smallest absolute Gasteiger partial charge is 0.0585 e. The number of hydrogen-bond acceptors (Lipinski definition) is 3. The van der Waals surface area contributed by atoms with Gasteiger partial charge in [-0.2, -0.15) is 0 Å². The van der Waals surface area contributed by atoms with E-state index >= 15 is 0 Å². The minimum atomic E-state index is 0.0390. The topological polar surface area (TPSA) is 58.3 Å². The molecule has 0 bridgehead atoms. The van der Waals surface area contributed by atoms with Crippen molar-refractivity contribution in [2.24, 2.45) is 23.5 Å². The first-order valence-electron chi connectivity index (χ1n) is 3.91. The number of nitrogens with two attached hydrogens (primary N) is 1. The second kappa shape index (κ2) is 2.19. The molecular formula is C7H14N2O. The van der Waals surface area contributed by atoms with Gasteiger partial charge in [0.05, 0.1) is 6.61 Å². The Morgan fingerprint density at radius 1 is 1.50 bits per heavy atom. The van der Waals surface area contributed by atoms with Gasteiger partial charge < -0.3 is 16.2 Å². The molecule has 2 aliphatic rings. The summed E-state index contributed by atoms with van der Waals surface area (Å²) in [5.74, 6) is 2.18. The fourth-order valence-corrected chi connectivity index (χ4v) is 2.22. The van der Waals surface area contributed by atoms with E-state index in [9.17, 15) is 0 Å². The summed E-state index contributed by atoms with van der Waals surface area (Å²) < 4.78 is 0. The van der Waals surface area contributed by atoms with Crippen LogP contribution in [0.1, 0.15) is 0 Å². The van der Waals surface area contributed by atoms with Gasteiger partial charge >= 0.3 is 0 Å². The van der Waals surface area contributed by atoms with E-state index in [4.69, 9.17) is 10.8 Å². The van der Waals surface area contributed by atoms with Crippen LogP contribution in [-0.4, -0.2) is 30.8 Å². The molecule has 4 atom stereocenters. The number of rotatable bonds is 2. The molecule has 4 N–H and O–H groups in total. The molecule has 2 fully saturated rings. The summed E-state index contributed by atoms with van der Waals surface area (Å²) in [6.07, 6.45) is 0. The van der Waals surface area contributed by atoms with Crippen molar-refractivity contribution >= 4 is 0 Å². The van der Waals surface area contributed by atoms with Gasteiger partial charge in [-0.1, -0.05) is 0 Å². The molecule has 1 saturated heterocycles.